The van der Waals surface area contributed by atoms with Gasteiger partial charge in [-0.1, -0.05) is 6.07 Å². The minimum absolute atomic E-state index is 0.0462. The lowest BCUT2D eigenvalue weighted by atomic mass is 9.68. The predicted molar refractivity (Wildman–Crippen MR) is 85.5 cm³/mol. The van der Waals surface area contributed by atoms with Crippen LogP contribution in [0.1, 0.15) is 30.9 Å². The van der Waals surface area contributed by atoms with E-state index in [1.54, 1.807) is 18.2 Å². The second kappa shape index (κ2) is 6.38. The average molecular weight is 370 g/mol. The summed E-state index contributed by atoms with van der Waals surface area (Å²) in [5.41, 5.74) is 6.58. The molecule has 3 heterocycles. The molecule has 2 saturated heterocycles. The van der Waals surface area contributed by atoms with Crippen molar-refractivity contribution in [2.75, 3.05) is 13.1 Å². The Morgan fingerprint density at radius 3 is 2.85 bits per heavy atom. The van der Waals surface area contributed by atoms with Crippen molar-refractivity contribution in [3.63, 3.8) is 0 Å². The fourth-order valence-corrected chi connectivity index (χ4v) is 4.90. The molecule has 2 aliphatic heterocycles. The van der Waals surface area contributed by atoms with Gasteiger partial charge in [0, 0.05) is 36.7 Å². The van der Waals surface area contributed by atoms with E-state index in [-0.39, 0.29) is 17.9 Å². The van der Waals surface area contributed by atoms with Gasteiger partial charge in [0.1, 0.15) is 6.54 Å². The number of aromatic nitrogens is 1. The summed E-state index contributed by atoms with van der Waals surface area (Å²) < 4.78 is 40.1. The maximum Gasteiger partial charge on any atom is 0.406 e. The molecule has 6 nitrogen and oxygen atoms in total. The molecule has 5 unspecified atom stereocenters. The number of nitrogens with one attached hydrogen (secondary N) is 2. The van der Waals surface area contributed by atoms with Crippen LogP contribution in [-0.2, 0) is 4.79 Å². The van der Waals surface area contributed by atoms with Crippen LogP contribution in [0.5, 0.6) is 0 Å². The smallest absolute Gasteiger partial charge is 0.406 e. The number of amides is 1. The van der Waals surface area contributed by atoms with Gasteiger partial charge in [-0.3, -0.25) is 15.6 Å². The van der Waals surface area contributed by atoms with Crippen molar-refractivity contribution < 1.29 is 22.7 Å². The summed E-state index contributed by atoms with van der Waals surface area (Å²) in [5, 5.41) is 12.1. The minimum Gasteiger partial charge on any atom is -0.618 e. The van der Waals surface area contributed by atoms with Crippen LogP contribution < -0.4 is 15.6 Å². The summed E-state index contributed by atoms with van der Waals surface area (Å²) in [4.78, 5) is 13.7. The van der Waals surface area contributed by atoms with Crippen molar-refractivity contribution in [3.05, 3.63) is 35.3 Å². The molecule has 4 rings (SSSR count). The molecule has 1 aromatic rings. The molecule has 5 atom stereocenters. The van der Waals surface area contributed by atoms with Gasteiger partial charge in [-0.25, -0.2) is 0 Å². The van der Waals surface area contributed by atoms with Gasteiger partial charge in [-0.05, 0) is 25.2 Å². The topological polar surface area (TPSA) is 71.3 Å². The van der Waals surface area contributed by atoms with E-state index in [0.29, 0.717) is 25.1 Å². The van der Waals surface area contributed by atoms with Crippen LogP contribution >= 0.6 is 0 Å². The number of carbonyl (C=O) groups is 1. The molecule has 0 aromatic carbocycles. The number of alkyl halides is 3. The zero-order chi connectivity index (χ0) is 18.5. The zero-order valence-electron chi connectivity index (χ0n) is 14.1. The van der Waals surface area contributed by atoms with Crippen LogP contribution in [0.25, 0.3) is 0 Å². The lowest BCUT2D eigenvalue weighted by Gasteiger charge is -2.50. The van der Waals surface area contributed by atoms with Gasteiger partial charge in [0.15, 0.2) is 11.9 Å². The second-order valence-electron chi connectivity index (χ2n) is 7.43. The Bertz CT molecular complexity index is 699. The van der Waals surface area contributed by atoms with Crippen molar-refractivity contribution in [1.82, 2.24) is 15.8 Å². The highest BCUT2D eigenvalue weighted by Gasteiger charge is 2.54. The molecule has 0 radical (unpaired) electrons. The Kier molecular flexibility index (Phi) is 4.31. The Balaban J connectivity index is 1.64. The molecule has 3 aliphatic rings. The van der Waals surface area contributed by atoms with Gasteiger partial charge in [-0.15, -0.1) is 0 Å². The summed E-state index contributed by atoms with van der Waals surface area (Å²) >= 11 is 0. The molecule has 1 saturated carbocycles. The van der Waals surface area contributed by atoms with Crippen molar-refractivity contribution >= 4 is 5.91 Å². The quantitative estimate of drug-likeness (QED) is 0.604. The maximum atomic E-state index is 13.1. The molecule has 0 bridgehead atoms. The van der Waals surface area contributed by atoms with Crippen LogP contribution in [0, 0.1) is 17.0 Å². The Morgan fingerprint density at radius 2 is 2.12 bits per heavy atom. The molecule has 9 heteroatoms. The van der Waals surface area contributed by atoms with Crippen molar-refractivity contribution in [2.45, 2.75) is 43.4 Å². The first-order valence-electron chi connectivity index (χ1n) is 8.89. The van der Waals surface area contributed by atoms with Crippen molar-refractivity contribution in [2.24, 2.45) is 11.8 Å². The monoisotopic (exact) mass is 370 g/mol. The average Bonchev–Trinajstić information content (AvgIpc) is 3.08. The molecule has 26 heavy (non-hydrogen) atoms. The first-order valence-corrected chi connectivity index (χ1v) is 8.89. The summed E-state index contributed by atoms with van der Waals surface area (Å²) in [5.74, 6) is -1.11. The minimum atomic E-state index is -4.44. The number of hydrogen-bond donors (Lipinski definition) is 2. The Morgan fingerprint density at radius 1 is 1.31 bits per heavy atom. The van der Waals surface area contributed by atoms with Gasteiger partial charge in [0.2, 0.25) is 5.91 Å². The normalized spacial score (nSPS) is 34.5. The lowest BCUT2D eigenvalue weighted by molar-refractivity contribution is -0.616. The molecular weight excluding hydrogens is 349 g/mol. The molecule has 1 aromatic heterocycles. The fourth-order valence-electron chi connectivity index (χ4n) is 4.90. The van der Waals surface area contributed by atoms with E-state index >= 15 is 0 Å². The Labute approximate surface area is 148 Å². The molecule has 0 spiro atoms. The standard InChI is InChI=1S/C17H21F3N4O2/c18-17(19,20)9-23-14-7-10(13-3-1-2-6-24(13)26)4-5-11(14)15-12(16(23)25)8-21-22-15/h1-3,6,10-12,14-15,21-22H,4-5,7-9H2. The van der Waals surface area contributed by atoms with E-state index in [2.05, 4.69) is 10.9 Å². The molecular formula is C17H21F3N4O2. The van der Waals surface area contributed by atoms with E-state index in [9.17, 15) is 23.2 Å². The number of halogens is 3. The van der Waals surface area contributed by atoms with Crippen molar-refractivity contribution in [1.29, 1.82) is 0 Å². The van der Waals surface area contributed by atoms with E-state index in [0.717, 1.165) is 16.1 Å². The number of likely N-dealkylation sites (tertiary alicyclic amines) is 1. The van der Waals surface area contributed by atoms with E-state index in [4.69, 9.17) is 0 Å². The number of rotatable bonds is 2. The van der Waals surface area contributed by atoms with Crippen LogP contribution in [0.2, 0.25) is 0 Å². The third-order valence-corrected chi connectivity index (χ3v) is 5.98. The van der Waals surface area contributed by atoms with Gasteiger partial charge in [-0.2, -0.15) is 17.9 Å². The molecule has 2 N–H and O–H groups in total. The maximum absolute atomic E-state index is 13.1. The van der Waals surface area contributed by atoms with Crippen LogP contribution in [0.15, 0.2) is 24.4 Å². The number of pyridine rings is 1. The number of nitrogens with zero attached hydrogens (tertiary/aromatic N) is 2. The number of hydrazine groups is 1. The first-order chi connectivity index (χ1) is 12.3. The van der Waals surface area contributed by atoms with E-state index < -0.39 is 30.6 Å². The van der Waals surface area contributed by atoms with Gasteiger partial charge in [0.05, 0.1) is 5.92 Å². The van der Waals surface area contributed by atoms with Crippen LogP contribution in [0.4, 0.5) is 13.2 Å². The van der Waals surface area contributed by atoms with Crippen molar-refractivity contribution in [3.8, 4) is 0 Å². The van der Waals surface area contributed by atoms with Crippen LogP contribution in [-0.4, -0.2) is 42.2 Å². The fraction of sp³-hybridized carbons (Fsp3) is 0.647. The highest BCUT2D eigenvalue weighted by atomic mass is 19.4. The summed E-state index contributed by atoms with van der Waals surface area (Å²) in [7, 11) is 0. The number of carbonyl (C=O) groups excluding carboxylic acids is 1. The third-order valence-electron chi connectivity index (χ3n) is 5.98. The second-order valence-corrected chi connectivity index (χ2v) is 7.43. The molecule has 3 fully saturated rings. The predicted octanol–water partition coefficient (Wildman–Crippen LogP) is 1.07. The summed E-state index contributed by atoms with van der Waals surface area (Å²) in [6.45, 7) is -0.876. The van der Waals surface area contributed by atoms with Gasteiger partial charge in [0.25, 0.3) is 0 Å². The largest absolute Gasteiger partial charge is 0.618 e. The van der Waals surface area contributed by atoms with E-state index in [1.165, 1.54) is 6.20 Å². The summed E-state index contributed by atoms with van der Waals surface area (Å²) in [6, 6.07) is 4.44. The number of fused-ring (bicyclic) bond motifs is 3. The van der Waals surface area contributed by atoms with Gasteiger partial charge < -0.3 is 10.1 Å². The summed E-state index contributed by atoms with van der Waals surface area (Å²) in [6.07, 6.45) is -1.25. The van der Waals surface area contributed by atoms with Crippen LogP contribution in [0.3, 0.4) is 0 Å². The SMILES string of the molecule is O=C1C2CNNC2C2CCC(c3cccc[n+]3[O-])CC2N1CC(F)(F)F. The van der Waals surface area contributed by atoms with Gasteiger partial charge >= 0.3 is 6.18 Å². The highest BCUT2D eigenvalue weighted by molar-refractivity contribution is 5.82. The Hall–Kier alpha value is -1.87. The zero-order valence-corrected chi connectivity index (χ0v) is 14.1. The first kappa shape index (κ1) is 17.5. The molecule has 1 amide bonds. The number of hydrogen-bond acceptors (Lipinski definition) is 4. The molecule has 1 aliphatic carbocycles. The highest BCUT2D eigenvalue weighted by Crippen LogP contribution is 2.44. The molecule has 142 valence electrons. The lowest BCUT2D eigenvalue weighted by Crippen LogP contribution is -2.63. The van der Waals surface area contributed by atoms with E-state index in [1.807, 2.05) is 0 Å². The third kappa shape index (κ3) is 3.03. The number of piperidine rings is 1.